The van der Waals surface area contributed by atoms with E-state index in [0.29, 0.717) is 25.1 Å². The Kier molecular flexibility index (Phi) is 5.30. The summed E-state index contributed by atoms with van der Waals surface area (Å²) in [7, 11) is 0. The minimum atomic E-state index is -0.858. The van der Waals surface area contributed by atoms with Crippen molar-refractivity contribution in [2.45, 2.75) is 24.3 Å². The Morgan fingerprint density at radius 2 is 1.73 bits per heavy atom. The van der Waals surface area contributed by atoms with Gasteiger partial charge in [0.05, 0.1) is 0 Å². The van der Waals surface area contributed by atoms with Crippen LogP contribution in [0.3, 0.4) is 0 Å². The Balaban J connectivity index is 0.00000196. The molecular formula is C20H21ClF2N2O. The van der Waals surface area contributed by atoms with Gasteiger partial charge in [-0.2, -0.15) is 0 Å². The van der Waals surface area contributed by atoms with Crippen LogP contribution in [-0.2, 0) is 4.79 Å². The number of carbonyl (C=O) groups is 1. The lowest BCUT2D eigenvalue weighted by molar-refractivity contribution is -0.131. The molecule has 2 aliphatic rings. The number of hydrogen-bond donors (Lipinski definition) is 1. The van der Waals surface area contributed by atoms with E-state index in [0.717, 1.165) is 11.6 Å². The molecule has 26 heavy (non-hydrogen) atoms. The van der Waals surface area contributed by atoms with E-state index in [9.17, 15) is 13.6 Å². The number of hydrogen-bond acceptors (Lipinski definition) is 2. The average Bonchev–Trinajstić information content (AvgIpc) is 3.32. The summed E-state index contributed by atoms with van der Waals surface area (Å²) in [5, 5.41) is 0. The third kappa shape index (κ3) is 3.33. The average molecular weight is 379 g/mol. The zero-order valence-corrected chi connectivity index (χ0v) is 15.0. The fourth-order valence-electron chi connectivity index (χ4n) is 3.91. The molecule has 0 aromatic heterocycles. The second kappa shape index (κ2) is 7.33. The molecule has 6 heteroatoms. The van der Waals surface area contributed by atoms with E-state index in [1.54, 1.807) is 11.0 Å². The lowest BCUT2D eigenvalue weighted by Gasteiger charge is -2.17. The molecule has 2 N–H and O–H groups in total. The highest BCUT2D eigenvalue weighted by atomic mass is 35.5. The summed E-state index contributed by atoms with van der Waals surface area (Å²) in [5.74, 6) is -2.06. The first kappa shape index (κ1) is 18.8. The highest BCUT2D eigenvalue weighted by Gasteiger charge is 2.49. The van der Waals surface area contributed by atoms with E-state index in [1.807, 2.05) is 30.3 Å². The Labute approximate surface area is 157 Å². The van der Waals surface area contributed by atoms with Gasteiger partial charge in [0.1, 0.15) is 0 Å². The summed E-state index contributed by atoms with van der Waals surface area (Å²) in [6, 6.07) is 14.0. The zero-order valence-electron chi connectivity index (χ0n) is 14.1. The second-order valence-electron chi connectivity index (χ2n) is 7.02. The standard InChI is InChI=1S/C20H20F2N2O.ClH/c21-17-8-4-7-13(19(17)22)14-9-15(14)20(25)24-10-16(18(23)11-24)12-5-2-1-3-6-12;/h1-8,14-16,18H,9-11,23H2;1H/t14?,15?,16-,18+;/m0./s1. The molecule has 1 heterocycles. The Bertz CT molecular complexity index is 802. The smallest absolute Gasteiger partial charge is 0.226 e. The van der Waals surface area contributed by atoms with Crippen LogP contribution in [0.4, 0.5) is 8.78 Å². The molecule has 4 rings (SSSR count). The van der Waals surface area contributed by atoms with Gasteiger partial charge < -0.3 is 10.6 Å². The number of rotatable bonds is 3. The summed E-state index contributed by atoms with van der Waals surface area (Å²) in [6.07, 6.45) is 0.570. The minimum absolute atomic E-state index is 0. The third-order valence-corrected chi connectivity index (χ3v) is 5.39. The van der Waals surface area contributed by atoms with Gasteiger partial charge in [-0.25, -0.2) is 8.78 Å². The molecule has 1 aliphatic carbocycles. The van der Waals surface area contributed by atoms with Gasteiger partial charge in [-0.15, -0.1) is 12.4 Å². The summed E-state index contributed by atoms with van der Waals surface area (Å²) in [6.45, 7) is 1.09. The maximum absolute atomic E-state index is 13.9. The van der Waals surface area contributed by atoms with Crippen LogP contribution >= 0.6 is 12.4 Å². The normalized spacial score (nSPS) is 27.1. The van der Waals surface area contributed by atoms with Crippen molar-refractivity contribution in [1.29, 1.82) is 0 Å². The molecule has 0 radical (unpaired) electrons. The molecule has 2 aromatic rings. The van der Waals surface area contributed by atoms with E-state index in [-0.39, 0.29) is 42.1 Å². The molecule has 2 aromatic carbocycles. The van der Waals surface area contributed by atoms with E-state index in [4.69, 9.17) is 5.73 Å². The van der Waals surface area contributed by atoms with Crippen molar-refractivity contribution in [1.82, 2.24) is 4.90 Å². The molecule has 1 saturated carbocycles. The van der Waals surface area contributed by atoms with Gasteiger partial charge >= 0.3 is 0 Å². The predicted octanol–water partition coefficient (Wildman–Crippen LogP) is 3.44. The van der Waals surface area contributed by atoms with Crippen LogP contribution in [0.25, 0.3) is 0 Å². The van der Waals surface area contributed by atoms with Gasteiger partial charge in [-0.1, -0.05) is 42.5 Å². The minimum Gasteiger partial charge on any atom is -0.340 e. The molecule has 0 spiro atoms. The summed E-state index contributed by atoms with van der Waals surface area (Å²) in [5.41, 5.74) is 7.69. The van der Waals surface area contributed by atoms with Gasteiger partial charge in [0, 0.05) is 31.0 Å². The first-order chi connectivity index (χ1) is 12.1. The van der Waals surface area contributed by atoms with Crippen LogP contribution in [0.5, 0.6) is 0 Å². The van der Waals surface area contributed by atoms with Crippen molar-refractivity contribution in [2.24, 2.45) is 11.7 Å². The lowest BCUT2D eigenvalue weighted by atomic mass is 9.95. The van der Waals surface area contributed by atoms with Crippen molar-refractivity contribution >= 4 is 18.3 Å². The fraction of sp³-hybridized carbons (Fsp3) is 0.350. The monoisotopic (exact) mass is 378 g/mol. The van der Waals surface area contributed by atoms with E-state index < -0.39 is 11.6 Å². The number of benzene rings is 2. The van der Waals surface area contributed by atoms with Crippen molar-refractivity contribution in [3.63, 3.8) is 0 Å². The number of amides is 1. The Morgan fingerprint density at radius 1 is 1.00 bits per heavy atom. The van der Waals surface area contributed by atoms with Gasteiger partial charge in [0.2, 0.25) is 5.91 Å². The van der Waals surface area contributed by atoms with Crippen LogP contribution in [0.1, 0.15) is 29.4 Å². The van der Waals surface area contributed by atoms with E-state index >= 15 is 0 Å². The van der Waals surface area contributed by atoms with Crippen molar-refractivity contribution < 1.29 is 13.6 Å². The predicted molar refractivity (Wildman–Crippen MR) is 98.2 cm³/mol. The third-order valence-electron chi connectivity index (χ3n) is 5.39. The van der Waals surface area contributed by atoms with Crippen LogP contribution in [0, 0.1) is 17.6 Å². The van der Waals surface area contributed by atoms with Crippen molar-refractivity contribution in [3.8, 4) is 0 Å². The van der Waals surface area contributed by atoms with Crippen LogP contribution < -0.4 is 5.73 Å². The first-order valence-electron chi connectivity index (χ1n) is 8.59. The molecule has 1 amide bonds. The number of carbonyl (C=O) groups excluding carboxylic acids is 1. The Morgan fingerprint density at radius 3 is 2.46 bits per heavy atom. The molecule has 3 nitrogen and oxygen atoms in total. The molecule has 138 valence electrons. The largest absolute Gasteiger partial charge is 0.340 e. The molecule has 1 aliphatic heterocycles. The summed E-state index contributed by atoms with van der Waals surface area (Å²) in [4.78, 5) is 14.5. The van der Waals surface area contributed by atoms with Crippen LogP contribution in [0.2, 0.25) is 0 Å². The summed E-state index contributed by atoms with van der Waals surface area (Å²) >= 11 is 0. The zero-order chi connectivity index (χ0) is 17.6. The molecule has 4 atom stereocenters. The van der Waals surface area contributed by atoms with Gasteiger partial charge in [-0.05, 0) is 29.5 Å². The highest BCUT2D eigenvalue weighted by molar-refractivity contribution is 5.85. The maximum atomic E-state index is 13.9. The maximum Gasteiger partial charge on any atom is 0.226 e. The summed E-state index contributed by atoms with van der Waals surface area (Å²) < 4.78 is 27.3. The topological polar surface area (TPSA) is 46.3 Å². The Hall–Kier alpha value is -1.98. The van der Waals surface area contributed by atoms with Gasteiger partial charge in [0.25, 0.3) is 0 Å². The molecule has 1 saturated heterocycles. The quantitative estimate of drug-likeness (QED) is 0.889. The molecule has 0 bridgehead atoms. The number of halogens is 3. The van der Waals surface area contributed by atoms with Crippen molar-refractivity contribution in [2.75, 3.05) is 13.1 Å². The first-order valence-corrected chi connectivity index (χ1v) is 8.59. The van der Waals surface area contributed by atoms with Crippen LogP contribution in [0.15, 0.2) is 48.5 Å². The number of nitrogens with zero attached hydrogens (tertiary/aromatic N) is 1. The lowest BCUT2D eigenvalue weighted by Crippen LogP contribution is -2.33. The molecular weight excluding hydrogens is 358 g/mol. The number of nitrogens with two attached hydrogens (primary N) is 1. The van der Waals surface area contributed by atoms with Gasteiger partial charge in [-0.3, -0.25) is 4.79 Å². The van der Waals surface area contributed by atoms with E-state index in [1.165, 1.54) is 6.07 Å². The molecule has 2 fully saturated rings. The SMILES string of the molecule is Cl.N[C@@H]1CN(C(=O)C2CC2c2cccc(F)c2F)C[C@H]1c1ccccc1. The van der Waals surface area contributed by atoms with Gasteiger partial charge in [0.15, 0.2) is 11.6 Å². The molecule has 2 unspecified atom stereocenters. The fourth-order valence-corrected chi connectivity index (χ4v) is 3.91. The second-order valence-corrected chi connectivity index (χ2v) is 7.02. The van der Waals surface area contributed by atoms with Crippen LogP contribution in [-0.4, -0.2) is 29.9 Å². The highest BCUT2D eigenvalue weighted by Crippen LogP contribution is 2.50. The number of likely N-dealkylation sites (tertiary alicyclic amines) is 1. The van der Waals surface area contributed by atoms with E-state index in [2.05, 4.69) is 0 Å². The van der Waals surface area contributed by atoms with Crippen molar-refractivity contribution in [3.05, 3.63) is 71.3 Å².